The predicted molar refractivity (Wildman–Crippen MR) is 92.3 cm³/mol. The number of ether oxygens (including phenoxy) is 1. The quantitative estimate of drug-likeness (QED) is 0.819. The van der Waals surface area contributed by atoms with Crippen LogP contribution >= 0.6 is 11.8 Å². The Balaban J connectivity index is 1.57. The van der Waals surface area contributed by atoms with Gasteiger partial charge in [-0.3, -0.25) is 9.47 Å². The van der Waals surface area contributed by atoms with Gasteiger partial charge in [0.15, 0.2) is 5.16 Å². The first-order valence-electron chi connectivity index (χ1n) is 7.94. The Bertz CT molecular complexity index is 626. The van der Waals surface area contributed by atoms with Gasteiger partial charge in [0.05, 0.1) is 19.3 Å². The van der Waals surface area contributed by atoms with Crippen LogP contribution in [0.5, 0.6) is 0 Å². The van der Waals surface area contributed by atoms with E-state index in [4.69, 9.17) is 4.74 Å². The summed E-state index contributed by atoms with van der Waals surface area (Å²) in [6.45, 7) is 6.11. The van der Waals surface area contributed by atoms with Gasteiger partial charge in [0.1, 0.15) is 0 Å². The smallest absolute Gasteiger partial charge is 0.172 e. The van der Waals surface area contributed by atoms with Crippen LogP contribution in [0.2, 0.25) is 0 Å². The number of rotatable bonds is 6. The molecular weight excluding hydrogens is 310 g/mol. The van der Waals surface area contributed by atoms with Crippen molar-refractivity contribution < 1.29 is 9.84 Å². The first-order valence-corrected chi connectivity index (χ1v) is 8.92. The highest BCUT2D eigenvalue weighted by Gasteiger charge is 2.16. The number of aliphatic hydroxyl groups excluding tert-OH is 1. The van der Waals surface area contributed by atoms with E-state index in [9.17, 15) is 5.11 Å². The summed E-state index contributed by atoms with van der Waals surface area (Å²) >= 11 is 1.60. The van der Waals surface area contributed by atoms with Gasteiger partial charge in [0.25, 0.3) is 0 Å². The van der Waals surface area contributed by atoms with Gasteiger partial charge in [-0.05, 0) is 24.6 Å². The van der Waals surface area contributed by atoms with Crippen molar-refractivity contribution in [2.24, 2.45) is 0 Å². The fourth-order valence-corrected chi connectivity index (χ4v) is 3.56. The second-order valence-corrected chi connectivity index (χ2v) is 6.78. The number of hydrogen-bond acceptors (Lipinski definition) is 5. The topological polar surface area (TPSA) is 50.5 Å². The lowest BCUT2D eigenvalue weighted by molar-refractivity contribution is 0.0188. The molecule has 1 aliphatic rings. The van der Waals surface area contributed by atoms with Crippen LogP contribution in [-0.4, -0.2) is 64.3 Å². The van der Waals surface area contributed by atoms with Crippen LogP contribution in [0, 0.1) is 6.92 Å². The van der Waals surface area contributed by atoms with Gasteiger partial charge in [-0.15, -0.1) is 0 Å². The van der Waals surface area contributed by atoms with E-state index in [0.717, 1.165) is 37.1 Å². The number of hydrogen-bond donors (Lipinski definition) is 1. The van der Waals surface area contributed by atoms with E-state index in [1.54, 1.807) is 18.0 Å². The Morgan fingerprint density at radius 1 is 1.35 bits per heavy atom. The number of aryl methyl sites for hydroxylation is 1. The minimum Gasteiger partial charge on any atom is -0.391 e. The van der Waals surface area contributed by atoms with Gasteiger partial charge in [0, 0.05) is 43.5 Å². The van der Waals surface area contributed by atoms with Crippen LogP contribution in [0.25, 0.3) is 5.69 Å². The molecule has 1 fully saturated rings. The molecule has 1 atom stereocenters. The van der Waals surface area contributed by atoms with Crippen molar-refractivity contribution in [1.82, 2.24) is 14.5 Å². The number of imidazole rings is 1. The van der Waals surface area contributed by atoms with E-state index in [1.807, 2.05) is 12.3 Å². The second kappa shape index (κ2) is 7.97. The lowest BCUT2D eigenvalue weighted by atomic mass is 10.2. The molecule has 1 saturated heterocycles. The zero-order valence-electron chi connectivity index (χ0n) is 13.4. The molecule has 5 nitrogen and oxygen atoms in total. The monoisotopic (exact) mass is 333 g/mol. The molecule has 3 rings (SSSR count). The molecule has 0 aliphatic carbocycles. The molecule has 0 spiro atoms. The summed E-state index contributed by atoms with van der Waals surface area (Å²) in [6, 6.07) is 8.34. The Hall–Kier alpha value is -1.34. The van der Waals surface area contributed by atoms with Crippen LogP contribution in [-0.2, 0) is 4.74 Å². The number of nitrogens with zero attached hydrogens (tertiary/aromatic N) is 3. The Kier molecular flexibility index (Phi) is 5.72. The molecule has 1 N–H and O–H groups in total. The first kappa shape index (κ1) is 16.5. The highest BCUT2D eigenvalue weighted by Crippen LogP contribution is 2.22. The van der Waals surface area contributed by atoms with Gasteiger partial charge in [0.2, 0.25) is 0 Å². The van der Waals surface area contributed by atoms with E-state index >= 15 is 0 Å². The first-order chi connectivity index (χ1) is 11.2. The predicted octanol–water partition coefficient (Wildman–Crippen LogP) is 1.97. The van der Waals surface area contributed by atoms with Crippen LogP contribution in [0.3, 0.4) is 0 Å². The van der Waals surface area contributed by atoms with Crippen LogP contribution < -0.4 is 0 Å². The number of benzene rings is 1. The maximum absolute atomic E-state index is 10.3. The van der Waals surface area contributed by atoms with Gasteiger partial charge < -0.3 is 9.84 Å². The summed E-state index contributed by atoms with van der Waals surface area (Å²) in [5, 5.41) is 11.2. The summed E-state index contributed by atoms with van der Waals surface area (Å²) < 4.78 is 7.40. The summed E-state index contributed by atoms with van der Waals surface area (Å²) in [5.74, 6) is 0.639. The third kappa shape index (κ3) is 4.57. The zero-order valence-corrected chi connectivity index (χ0v) is 14.2. The van der Waals surface area contributed by atoms with Gasteiger partial charge in [-0.25, -0.2) is 4.98 Å². The van der Waals surface area contributed by atoms with E-state index < -0.39 is 0 Å². The lowest BCUT2D eigenvalue weighted by Gasteiger charge is -2.28. The molecule has 23 heavy (non-hydrogen) atoms. The minimum atomic E-state index is -0.360. The zero-order chi connectivity index (χ0) is 16.1. The van der Waals surface area contributed by atoms with Crippen LogP contribution in [0.15, 0.2) is 41.8 Å². The molecule has 0 saturated carbocycles. The molecule has 1 aliphatic heterocycles. The standard InChI is InChI=1S/C17H23N3O2S/c1-14-3-2-4-15(11-14)20-6-5-18-17(20)23-13-16(21)12-19-7-9-22-10-8-19/h2-6,11,16,21H,7-10,12-13H2,1H3. The van der Waals surface area contributed by atoms with E-state index in [-0.39, 0.29) is 6.10 Å². The largest absolute Gasteiger partial charge is 0.391 e. The Morgan fingerprint density at radius 3 is 2.96 bits per heavy atom. The lowest BCUT2D eigenvalue weighted by Crippen LogP contribution is -2.41. The fraction of sp³-hybridized carbons (Fsp3) is 0.471. The van der Waals surface area contributed by atoms with Crippen LogP contribution in [0.1, 0.15) is 5.56 Å². The highest BCUT2D eigenvalue weighted by molar-refractivity contribution is 7.99. The molecule has 2 aromatic rings. The SMILES string of the molecule is Cc1cccc(-n2ccnc2SCC(O)CN2CCOCC2)c1. The molecule has 0 amide bonds. The highest BCUT2D eigenvalue weighted by atomic mass is 32.2. The maximum Gasteiger partial charge on any atom is 0.172 e. The Morgan fingerprint density at radius 2 is 2.17 bits per heavy atom. The number of morpholine rings is 1. The van der Waals surface area contributed by atoms with Crippen molar-refractivity contribution in [1.29, 1.82) is 0 Å². The summed E-state index contributed by atoms with van der Waals surface area (Å²) in [7, 11) is 0. The van der Waals surface area contributed by atoms with Gasteiger partial charge in [-0.1, -0.05) is 23.9 Å². The number of β-amino-alcohol motifs (C(OH)–C–C–N with tert-alkyl or cyclic N) is 1. The number of aliphatic hydroxyl groups is 1. The Labute approximate surface area is 141 Å². The molecule has 1 aromatic heterocycles. The van der Waals surface area contributed by atoms with Crippen molar-refractivity contribution in [2.75, 3.05) is 38.6 Å². The average Bonchev–Trinajstić information content (AvgIpc) is 3.02. The van der Waals surface area contributed by atoms with Crippen molar-refractivity contribution >= 4 is 11.8 Å². The molecule has 0 radical (unpaired) electrons. The molecular formula is C17H23N3O2S. The van der Waals surface area contributed by atoms with Crippen molar-refractivity contribution in [3.8, 4) is 5.69 Å². The summed E-state index contributed by atoms with van der Waals surface area (Å²) in [6.07, 6.45) is 3.41. The minimum absolute atomic E-state index is 0.360. The van der Waals surface area contributed by atoms with Crippen molar-refractivity contribution in [3.63, 3.8) is 0 Å². The second-order valence-electron chi connectivity index (χ2n) is 5.80. The molecule has 0 bridgehead atoms. The van der Waals surface area contributed by atoms with Gasteiger partial charge >= 0.3 is 0 Å². The summed E-state index contributed by atoms with van der Waals surface area (Å²) in [5.41, 5.74) is 2.33. The number of thioether (sulfide) groups is 1. The molecule has 124 valence electrons. The summed E-state index contributed by atoms with van der Waals surface area (Å²) in [4.78, 5) is 6.67. The van der Waals surface area contributed by atoms with E-state index in [1.165, 1.54) is 5.56 Å². The average molecular weight is 333 g/mol. The van der Waals surface area contributed by atoms with Gasteiger partial charge in [-0.2, -0.15) is 0 Å². The normalized spacial score (nSPS) is 17.3. The third-order valence-electron chi connectivity index (χ3n) is 3.86. The fourth-order valence-electron chi connectivity index (χ4n) is 2.68. The van der Waals surface area contributed by atoms with Crippen molar-refractivity contribution in [2.45, 2.75) is 18.2 Å². The molecule has 1 unspecified atom stereocenters. The maximum atomic E-state index is 10.3. The molecule has 1 aromatic carbocycles. The third-order valence-corrected chi connectivity index (χ3v) is 4.98. The van der Waals surface area contributed by atoms with Crippen molar-refractivity contribution in [3.05, 3.63) is 42.2 Å². The molecule has 6 heteroatoms. The van der Waals surface area contributed by atoms with E-state index in [0.29, 0.717) is 12.3 Å². The van der Waals surface area contributed by atoms with Crippen LogP contribution in [0.4, 0.5) is 0 Å². The number of aromatic nitrogens is 2. The molecule has 2 heterocycles. The van der Waals surface area contributed by atoms with E-state index in [2.05, 4.69) is 39.6 Å².